The minimum atomic E-state index is -2.33. The quantitative estimate of drug-likeness (QED) is 0.202. The molecule has 0 saturated heterocycles. The van der Waals surface area contributed by atoms with Crippen molar-refractivity contribution in [2.45, 2.75) is 18.9 Å². The zero-order valence-electron chi connectivity index (χ0n) is 9.09. The molecule has 0 aromatic heterocycles. The van der Waals surface area contributed by atoms with Gasteiger partial charge in [-0.3, -0.25) is 9.79 Å². The Balaban J connectivity index is -0.000000340. The molecule has 0 radical (unpaired) electrons. The summed E-state index contributed by atoms with van der Waals surface area (Å²) in [7, 11) is 0. The standard InChI is InChI=1S/C6H13N4O2.CH2O3.Ca/c7-4(5(11)12)2-1-3-10-6(8)9;2-1(3)4;/h4,7H,1-3H2,(H,11,12)(H4,8,9,10);(H2,2,3,4);/q-1;;+2/p-2/t4-;;/m0../s1. The predicted molar refractivity (Wildman–Crippen MR) is 56.8 cm³/mol. The molecule has 0 bridgehead atoms. The predicted octanol–water partition coefficient (Wildman–Crippen LogP) is -3.28. The van der Waals surface area contributed by atoms with Gasteiger partial charge in [0.1, 0.15) is 0 Å². The van der Waals surface area contributed by atoms with Crippen molar-refractivity contribution in [3.63, 3.8) is 0 Å². The molecule has 0 fully saturated rings. The van der Waals surface area contributed by atoms with E-state index in [1.165, 1.54) is 0 Å². The molecule has 1 atom stereocenters. The normalized spacial score (nSPS) is 9.94. The molecular weight excluding hydrogens is 260 g/mol. The maximum atomic E-state index is 10.2. The van der Waals surface area contributed by atoms with E-state index >= 15 is 0 Å². The van der Waals surface area contributed by atoms with E-state index in [2.05, 4.69) is 4.99 Å². The first-order valence-electron chi connectivity index (χ1n) is 4.14. The Morgan fingerprint density at radius 1 is 1.35 bits per heavy atom. The third-order valence-electron chi connectivity index (χ3n) is 1.24. The number of hydrogen-bond donors (Lipinski definition) is 3. The van der Waals surface area contributed by atoms with Crippen molar-refractivity contribution in [3.8, 4) is 0 Å². The van der Waals surface area contributed by atoms with Crippen molar-refractivity contribution in [3.05, 3.63) is 5.73 Å². The molecule has 0 rings (SSSR count). The third-order valence-corrected chi connectivity index (χ3v) is 1.24. The molecular formula is C7H13CaN4O5-. The molecule has 0 aliphatic heterocycles. The van der Waals surface area contributed by atoms with Gasteiger partial charge >= 0.3 is 37.7 Å². The van der Waals surface area contributed by atoms with E-state index in [1.54, 1.807) is 0 Å². The fourth-order valence-electron chi connectivity index (χ4n) is 0.627. The van der Waals surface area contributed by atoms with Crippen molar-refractivity contribution >= 4 is 55.8 Å². The van der Waals surface area contributed by atoms with Crippen LogP contribution in [0.2, 0.25) is 0 Å². The smallest absolute Gasteiger partial charge is 0.665 e. The second-order valence-corrected chi connectivity index (χ2v) is 2.59. The van der Waals surface area contributed by atoms with Crippen molar-refractivity contribution in [2.75, 3.05) is 6.54 Å². The van der Waals surface area contributed by atoms with Crippen LogP contribution >= 0.6 is 0 Å². The van der Waals surface area contributed by atoms with Crippen LogP contribution in [0.15, 0.2) is 4.99 Å². The van der Waals surface area contributed by atoms with Crippen LogP contribution < -0.4 is 21.7 Å². The van der Waals surface area contributed by atoms with Crippen LogP contribution in [-0.4, -0.2) is 73.5 Å². The van der Waals surface area contributed by atoms with Gasteiger partial charge < -0.3 is 37.3 Å². The Morgan fingerprint density at radius 2 is 1.76 bits per heavy atom. The molecule has 0 aromatic rings. The topological polar surface area (TPSA) is 189 Å². The summed E-state index contributed by atoms with van der Waals surface area (Å²) in [5, 5.41) is 25.0. The second kappa shape index (κ2) is 13.3. The zero-order valence-corrected chi connectivity index (χ0v) is 11.3. The molecule has 0 aromatic carbocycles. The van der Waals surface area contributed by atoms with Gasteiger partial charge in [-0.05, 0) is 18.6 Å². The zero-order chi connectivity index (χ0) is 13.1. The van der Waals surface area contributed by atoms with Crippen molar-refractivity contribution in [2.24, 2.45) is 16.5 Å². The van der Waals surface area contributed by atoms with Gasteiger partial charge in [0.2, 0.25) is 0 Å². The number of nitrogens with one attached hydrogen (secondary N) is 1. The van der Waals surface area contributed by atoms with Crippen molar-refractivity contribution in [1.82, 2.24) is 0 Å². The van der Waals surface area contributed by atoms with Crippen LogP contribution in [0.25, 0.3) is 5.73 Å². The number of carboxylic acids is 1. The summed E-state index contributed by atoms with van der Waals surface area (Å²) in [6.07, 6.45) is -1.55. The average molecular weight is 273 g/mol. The molecule has 0 heterocycles. The Bertz CT molecular complexity index is 253. The maximum absolute atomic E-state index is 10.2. The van der Waals surface area contributed by atoms with Crippen LogP contribution in [0.5, 0.6) is 0 Å². The number of carbonyl (C=O) groups is 2. The summed E-state index contributed by atoms with van der Waals surface area (Å²) >= 11 is 0. The molecule has 0 unspecified atom stereocenters. The number of nitrogens with zero attached hydrogens (tertiary/aromatic N) is 1. The van der Waals surface area contributed by atoms with Gasteiger partial charge in [-0.15, -0.1) is 0 Å². The van der Waals surface area contributed by atoms with Crippen LogP contribution in [-0.2, 0) is 4.79 Å². The monoisotopic (exact) mass is 273 g/mol. The van der Waals surface area contributed by atoms with E-state index < -0.39 is 18.2 Å². The fourth-order valence-corrected chi connectivity index (χ4v) is 0.627. The van der Waals surface area contributed by atoms with Crippen LogP contribution in [0.1, 0.15) is 12.8 Å². The van der Waals surface area contributed by atoms with Crippen LogP contribution in [0.4, 0.5) is 4.79 Å². The van der Waals surface area contributed by atoms with Gasteiger partial charge in [-0.25, -0.2) is 0 Å². The summed E-state index contributed by atoms with van der Waals surface area (Å²) in [5.74, 6) is -1.12. The Kier molecular flexibility index (Phi) is 16.8. The van der Waals surface area contributed by atoms with Gasteiger partial charge in [0.05, 0.1) is 0 Å². The summed E-state index contributed by atoms with van der Waals surface area (Å²) in [4.78, 5) is 22.1. The number of carbonyl (C=O) groups excluding carboxylic acids is 1. The number of guanidine groups is 1. The molecule has 0 aliphatic carbocycles. The summed E-state index contributed by atoms with van der Waals surface area (Å²) in [5.41, 5.74) is 17.1. The number of nitrogens with two attached hydrogens (primary N) is 2. The second-order valence-electron chi connectivity index (χ2n) is 2.59. The Morgan fingerprint density at radius 3 is 2.06 bits per heavy atom. The minimum absolute atomic E-state index is 0. The summed E-state index contributed by atoms with van der Waals surface area (Å²) in [6, 6.07) is -1.07. The molecule has 0 saturated carbocycles. The molecule has 0 amide bonds. The molecule has 94 valence electrons. The van der Waals surface area contributed by atoms with E-state index in [-0.39, 0.29) is 50.1 Å². The van der Waals surface area contributed by atoms with Crippen molar-refractivity contribution in [1.29, 1.82) is 0 Å². The van der Waals surface area contributed by atoms with E-state index in [0.717, 1.165) is 0 Å². The first kappa shape index (κ1) is 21.5. The first-order valence-corrected chi connectivity index (χ1v) is 4.14. The van der Waals surface area contributed by atoms with Gasteiger partial charge in [0.25, 0.3) is 5.97 Å². The molecule has 0 spiro atoms. The maximum Gasteiger partial charge on any atom is 2.00 e. The minimum Gasteiger partial charge on any atom is -0.665 e. The Hall–Kier alpha value is -0.770. The van der Waals surface area contributed by atoms with Gasteiger partial charge in [0.15, 0.2) is 5.96 Å². The van der Waals surface area contributed by atoms with Gasteiger partial charge in [0, 0.05) is 6.54 Å². The fraction of sp³-hybridized carbons (Fsp3) is 0.571. The Labute approximate surface area is 128 Å². The number of aliphatic imine (C=N–C) groups is 1. The third kappa shape index (κ3) is 25.5. The van der Waals surface area contributed by atoms with Crippen molar-refractivity contribution < 1.29 is 24.9 Å². The molecule has 6 N–H and O–H groups in total. The van der Waals surface area contributed by atoms with Gasteiger partial charge in [-0.1, -0.05) is 6.42 Å². The SMILES string of the molecule is O=C([O-])[O-].[Ca+2].[NH-][C@@H](CCCN=C(N)N)C(=O)O. The first-order chi connectivity index (χ1) is 7.27. The van der Waals surface area contributed by atoms with Crippen LogP contribution in [0, 0.1) is 0 Å². The van der Waals surface area contributed by atoms with E-state index in [9.17, 15) is 4.79 Å². The van der Waals surface area contributed by atoms with E-state index in [0.29, 0.717) is 13.0 Å². The molecule has 17 heavy (non-hydrogen) atoms. The molecule has 10 heteroatoms. The number of rotatable bonds is 5. The number of carboxylic acid groups (broad SMARTS) is 3. The average Bonchev–Trinajstić information content (AvgIpc) is 2.10. The van der Waals surface area contributed by atoms with E-state index in [1.807, 2.05) is 0 Å². The summed E-state index contributed by atoms with van der Waals surface area (Å²) < 4.78 is 0. The number of aliphatic carboxylic acids is 1. The largest absolute Gasteiger partial charge is 2.00 e. The van der Waals surface area contributed by atoms with Gasteiger partial charge in [-0.2, -0.15) is 0 Å². The van der Waals surface area contributed by atoms with E-state index in [4.69, 9.17) is 37.3 Å². The van der Waals surface area contributed by atoms with Crippen LogP contribution in [0.3, 0.4) is 0 Å². The molecule has 9 nitrogen and oxygen atoms in total. The molecule has 0 aliphatic rings. The number of hydrogen-bond acceptors (Lipinski definition) is 5. The summed E-state index contributed by atoms with van der Waals surface area (Å²) in [6.45, 7) is 0.380.